The summed E-state index contributed by atoms with van der Waals surface area (Å²) in [5.74, 6) is -0.599. The number of pyridine rings is 1. The van der Waals surface area contributed by atoms with Crippen molar-refractivity contribution >= 4 is 51.7 Å². The van der Waals surface area contributed by atoms with Crippen LogP contribution in [0.3, 0.4) is 0 Å². The van der Waals surface area contributed by atoms with Gasteiger partial charge in [0.1, 0.15) is 5.69 Å². The molecule has 1 heterocycles. The summed E-state index contributed by atoms with van der Waals surface area (Å²) < 4.78 is 0. The highest BCUT2D eigenvalue weighted by Gasteiger charge is 2.12. The van der Waals surface area contributed by atoms with E-state index >= 15 is 0 Å². The number of hydrogen-bond acceptors (Lipinski definition) is 3. The number of anilines is 1. The van der Waals surface area contributed by atoms with Crippen molar-refractivity contribution in [2.24, 2.45) is 0 Å². The summed E-state index contributed by atoms with van der Waals surface area (Å²) in [6.45, 7) is 0. The summed E-state index contributed by atoms with van der Waals surface area (Å²) in [4.78, 5) is 28.3. The first kappa shape index (κ1) is 16.2. The van der Waals surface area contributed by atoms with Crippen molar-refractivity contribution in [3.63, 3.8) is 0 Å². The van der Waals surface area contributed by atoms with Crippen molar-refractivity contribution in [3.05, 3.63) is 70.3 Å². The van der Waals surface area contributed by atoms with Crippen LogP contribution < -0.4 is 10.6 Å². The summed E-state index contributed by atoms with van der Waals surface area (Å²) in [6.07, 6.45) is 0. The molecule has 0 unspecified atom stereocenters. The van der Waals surface area contributed by atoms with Gasteiger partial charge in [0.25, 0.3) is 5.91 Å². The topological polar surface area (TPSA) is 71.1 Å². The molecule has 3 aromatic rings. The molecule has 0 atom stereocenters. The zero-order chi connectivity index (χ0) is 17.1. The molecule has 2 aromatic carbocycles. The molecule has 3 amide bonds. The predicted octanol–water partition coefficient (Wildman–Crippen LogP) is 4.50. The number of aromatic nitrogens is 1. The van der Waals surface area contributed by atoms with Crippen LogP contribution in [0.15, 0.2) is 54.6 Å². The fourth-order valence-electron chi connectivity index (χ4n) is 2.10. The zero-order valence-corrected chi connectivity index (χ0v) is 13.7. The van der Waals surface area contributed by atoms with E-state index in [4.69, 9.17) is 23.2 Å². The lowest BCUT2D eigenvalue weighted by Crippen LogP contribution is -2.34. The fraction of sp³-hybridized carbons (Fsp3) is 0. The number of halogens is 2. The molecule has 24 heavy (non-hydrogen) atoms. The van der Waals surface area contributed by atoms with Gasteiger partial charge >= 0.3 is 6.03 Å². The van der Waals surface area contributed by atoms with E-state index in [0.717, 1.165) is 5.39 Å². The van der Waals surface area contributed by atoms with Gasteiger partial charge in [-0.1, -0.05) is 47.5 Å². The van der Waals surface area contributed by atoms with Gasteiger partial charge in [-0.25, -0.2) is 9.78 Å². The van der Waals surface area contributed by atoms with Crippen LogP contribution in [0, 0.1) is 0 Å². The third-order valence-electron chi connectivity index (χ3n) is 3.24. The molecule has 0 aliphatic heterocycles. The van der Waals surface area contributed by atoms with E-state index in [2.05, 4.69) is 15.6 Å². The number of imide groups is 1. The van der Waals surface area contributed by atoms with Crippen molar-refractivity contribution in [2.45, 2.75) is 0 Å². The van der Waals surface area contributed by atoms with Gasteiger partial charge < -0.3 is 5.32 Å². The summed E-state index contributed by atoms with van der Waals surface area (Å²) in [5.41, 5.74) is 1.24. The van der Waals surface area contributed by atoms with Gasteiger partial charge in [0, 0.05) is 11.1 Å². The molecule has 0 saturated carbocycles. The van der Waals surface area contributed by atoms with Crippen molar-refractivity contribution < 1.29 is 9.59 Å². The van der Waals surface area contributed by atoms with Crippen LogP contribution in [0.4, 0.5) is 10.5 Å². The Labute approximate surface area is 147 Å². The maximum Gasteiger partial charge on any atom is 0.326 e. The minimum absolute atomic E-state index is 0.151. The Morgan fingerprint density at radius 2 is 1.71 bits per heavy atom. The van der Waals surface area contributed by atoms with Crippen LogP contribution in [0.1, 0.15) is 10.5 Å². The van der Waals surface area contributed by atoms with E-state index in [1.807, 2.05) is 18.2 Å². The molecule has 0 spiro atoms. The molecule has 120 valence electrons. The summed E-state index contributed by atoms with van der Waals surface area (Å²) in [5, 5.41) is 6.31. The SMILES string of the molecule is O=C(NC(=O)c1ccc2ccccc2n1)Nc1ccc(Cl)c(Cl)c1. The van der Waals surface area contributed by atoms with Gasteiger partial charge in [0.15, 0.2) is 0 Å². The first-order valence-electron chi connectivity index (χ1n) is 6.96. The Kier molecular flexibility index (Phi) is 4.64. The first-order chi connectivity index (χ1) is 11.5. The maximum atomic E-state index is 12.1. The van der Waals surface area contributed by atoms with E-state index in [-0.39, 0.29) is 5.69 Å². The Bertz CT molecular complexity index is 944. The molecule has 2 N–H and O–H groups in total. The Hall–Kier alpha value is -2.63. The molecule has 7 heteroatoms. The average Bonchev–Trinajstić information content (AvgIpc) is 2.57. The second-order valence-corrected chi connectivity index (χ2v) is 5.74. The van der Waals surface area contributed by atoms with Crippen molar-refractivity contribution in [3.8, 4) is 0 Å². The van der Waals surface area contributed by atoms with Crippen LogP contribution >= 0.6 is 23.2 Å². The second kappa shape index (κ2) is 6.86. The van der Waals surface area contributed by atoms with Gasteiger partial charge in [0.2, 0.25) is 0 Å². The number of rotatable bonds is 2. The van der Waals surface area contributed by atoms with Gasteiger partial charge in [-0.05, 0) is 30.3 Å². The van der Waals surface area contributed by atoms with Crippen LogP contribution in [-0.2, 0) is 0 Å². The monoisotopic (exact) mass is 359 g/mol. The number of nitrogens with zero attached hydrogens (tertiary/aromatic N) is 1. The van der Waals surface area contributed by atoms with E-state index in [1.165, 1.54) is 6.07 Å². The molecule has 3 rings (SSSR count). The van der Waals surface area contributed by atoms with E-state index < -0.39 is 11.9 Å². The Morgan fingerprint density at radius 1 is 0.917 bits per heavy atom. The fourth-order valence-corrected chi connectivity index (χ4v) is 2.39. The lowest BCUT2D eigenvalue weighted by molar-refractivity contribution is 0.0962. The number of nitrogens with one attached hydrogen (secondary N) is 2. The molecule has 0 radical (unpaired) electrons. The molecular formula is C17H11Cl2N3O2. The molecule has 0 aliphatic rings. The third kappa shape index (κ3) is 3.64. The van der Waals surface area contributed by atoms with Gasteiger partial charge in [-0.3, -0.25) is 10.1 Å². The maximum absolute atomic E-state index is 12.1. The molecule has 0 saturated heterocycles. The lowest BCUT2D eigenvalue weighted by Gasteiger charge is -2.08. The zero-order valence-electron chi connectivity index (χ0n) is 12.2. The van der Waals surface area contributed by atoms with Crippen LogP contribution in [0.5, 0.6) is 0 Å². The smallest absolute Gasteiger partial charge is 0.308 e. The molecule has 0 fully saturated rings. The van der Waals surface area contributed by atoms with E-state index in [9.17, 15) is 9.59 Å². The third-order valence-corrected chi connectivity index (χ3v) is 3.97. The van der Waals surface area contributed by atoms with E-state index in [0.29, 0.717) is 21.2 Å². The highest BCUT2D eigenvalue weighted by atomic mass is 35.5. The number of urea groups is 1. The van der Waals surface area contributed by atoms with Gasteiger partial charge in [0.05, 0.1) is 15.6 Å². The van der Waals surface area contributed by atoms with Crippen molar-refractivity contribution in [1.29, 1.82) is 0 Å². The highest BCUT2D eigenvalue weighted by molar-refractivity contribution is 6.42. The number of para-hydroxylation sites is 1. The standard InChI is InChI=1S/C17H11Cl2N3O2/c18-12-7-6-11(9-13(12)19)20-17(24)22-16(23)15-8-5-10-3-1-2-4-14(10)21-15/h1-9H,(H2,20,22,23,24). The van der Waals surface area contributed by atoms with Crippen LogP contribution in [0.2, 0.25) is 10.0 Å². The summed E-state index contributed by atoms with van der Waals surface area (Å²) in [7, 11) is 0. The number of amides is 3. The number of benzene rings is 2. The number of fused-ring (bicyclic) bond motifs is 1. The van der Waals surface area contributed by atoms with Crippen molar-refractivity contribution in [2.75, 3.05) is 5.32 Å². The van der Waals surface area contributed by atoms with Crippen LogP contribution in [-0.4, -0.2) is 16.9 Å². The quantitative estimate of drug-likeness (QED) is 0.707. The van der Waals surface area contributed by atoms with Crippen molar-refractivity contribution in [1.82, 2.24) is 10.3 Å². The van der Waals surface area contributed by atoms with E-state index in [1.54, 1.807) is 30.3 Å². The molecule has 0 bridgehead atoms. The second-order valence-electron chi connectivity index (χ2n) is 4.93. The molecule has 0 aliphatic carbocycles. The average molecular weight is 360 g/mol. The van der Waals surface area contributed by atoms with Crippen LogP contribution in [0.25, 0.3) is 10.9 Å². The molecule has 1 aromatic heterocycles. The number of carbonyl (C=O) groups excluding carboxylic acids is 2. The summed E-state index contributed by atoms with van der Waals surface area (Å²) >= 11 is 11.7. The Morgan fingerprint density at radius 3 is 2.50 bits per heavy atom. The van der Waals surface area contributed by atoms with Gasteiger partial charge in [-0.2, -0.15) is 0 Å². The minimum atomic E-state index is -0.687. The molecular weight excluding hydrogens is 349 g/mol. The summed E-state index contributed by atoms with van der Waals surface area (Å²) in [6, 6.07) is 14.7. The largest absolute Gasteiger partial charge is 0.326 e. The normalized spacial score (nSPS) is 10.4. The highest BCUT2D eigenvalue weighted by Crippen LogP contribution is 2.24. The number of carbonyl (C=O) groups is 2. The first-order valence-corrected chi connectivity index (χ1v) is 7.72. The molecule has 5 nitrogen and oxygen atoms in total. The number of hydrogen-bond donors (Lipinski definition) is 2. The minimum Gasteiger partial charge on any atom is -0.308 e. The Balaban J connectivity index is 1.70. The van der Waals surface area contributed by atoms with Gasteiger partial charge in [-0.15, -0.1) is 0 Å². The lowest BCUT2D eigenvalue weighted by atomic mass is 10.2. The predicted molar refractivity (Wildman–Crippen MR) is 94.7 cm³/mol.